The van der Waals surface area contributed by atoms with Crippen LogP contribution in [0.3, 0.4) is 0 Å². The van der Waals surface area contributed by atoms with Gasteiger partial charge in [-0.1, -0.05) is 49.0 Å². The van der Waals surface area contributed by atoms with Crippen molar-refractivity contribution < 1.29 is 5.11 Å². The summed E-state index contributed by atoms with van der Waals surface area (Å²) in [7, 11) is 0. The molecule has 0 radical (unpaired) electrons. The smallest absolute Gasteiger partial charge is 0.0835 e. The molecule has 0 spiro atoms. The Bertz CT molecular complexity index is 378. The molecular weight excluding hydrogens is 243 g/mol. The van der Waals surface area contributed by atoms with Crippen LogP contribution in [0.5, 0.6) is 0 Å². The highest BCUT2D eigenvalue weighted by Gasteiger charge is 2.31. The van der Waals surface area contributed by atoms with Gasteiger partial charge >= 0.3 is 0 Å². The van der Waals surface area contributed by atoms with Gasteiger partial charge in [0.05, 0.1) is 6.10 Å². The number of halogens is 2. The Morgan fingerprint density at radius 2 is 2.06 bits per heavy atom. The molecule has 1 aliphatic carbocycles. The summed E-state index contributed by atoms with van der Waals surface area (Å²) in [5, 5.41) is 11.5. The first-order chi connectivity index (χ1) is 7.59. The fourth-order valence-corrected chi connectivity index (χ4v) is 3.14. The maximum absolute atomic E-state index is 10.3. The van der Waals surface area contributed by atoms with Crippen LogP contribution in [-0.2, 0) is 0 Å². The van der Waals surface area contributed by atoms with E-state index in [0.29, 0.717) is 21.9 Å². The van der Waals surface area contributed by atoms with E-state index in [2.05, 4.69) is 6.92 Å². The van der Waals surface area contributed by atoms with Crippen molar-refractivity contribution in [1.82, 2.24) is 0 Å². The Hall–Kier alpha value is -0.240. The van der Waals surface area contributed by atoms with Crippen LogP contribution in [0.15, 0.2) is 18.2 Å². The number of benzene rings is 1. The lowest BCUT2D eigenvalue weighted by Crippen LogP contribution is -2.15. The van der Waals surface area contributed by atoms with Crippen LogP contribution < -0.4 is 0 Å². The van der Waals surface area contributed by atoms with Crippen LogP contribution in [0.4, 0.5) is 0 Å². The van der Waals surface area contributed by atoms with Crippen molar-refractivity contribution in [1.29, 1.82) is 0 Å². The normalized spacial score (nSPS) is 27.0. The quantitative estimate of drug-likeness (QED) is 0.831. The van der Waals surface area contributed by atoms with Crippen molar-refractivity contribution in [3.63, 3.8) is 0 Å². The van der Waals surface area contributed by atoms with Gasteiger partial charge in [-0.25, -0.2) is 0 Å². The third-order valence-corrected chi connectivity index (χ3v) is 4.18. The lowest BCUT2D eigenvalue weighted by molar-refractivity contribution is 0.0901. The van der Waals surface area contributed by atoms with Gasteiger partial charge in [0.2, 0.25) is 0 Å². The van der Waals surface area contributed by atoms with Gasteiger partial charge in [-0.3, -0.25) is 0 Å². The minimum absolute atomic E-state index is 0.332. The molecule has 2 rings (SSSR count). The average Bonchev–Trinajstić information content (AvgIpc) is 2.63. The van der Waals surface area contributed by atoms with Crippen LogP contribution in [0.25, 0.3) is 0 Å². The Kier molecular flexibility index (Phi) is 3.78. The summed E-state index contributed by atoms with van der Waals surface area (Å²) in [5.74, 6) is 0.903. The van der Waals surface area contributed by atoms with Crippen LogP contribution in [0.1, 0.15) is 37.9 Å². The van der Waals surface area contributed by atoms with Crippen molar-refractivity contribution in [2.75, 3.05) is 0 Å². The maximum Gasteiger partial charge on any atom is 0.0835 e. The molecule has 16 heavy (non-hydrogen) atoms. The fraction of sp³-hybridized carbons (Fsp3) is 0.538. The Balaban J connectivity index is 2.23. The summed E-state index contributed by atoms with van der Waals surface area (Å²) in [6.45, 7) is 2.20. The largest absolute Gasteiger partial charge is 0.388 e. The second-order valence-corrected chi connectivity index (χ2v) is 5.53. The number of hydrogen-bond acceptors (Lipinski definition) is 1. The van der Waals surface area contributed by atoms with E-state index >= 15 is 0 Å². The van der Waals surface area contributed by atoms with E-state index in [1.807, 2.05) is 6.07 Å². The van der Waals surface area contributed by atoms with E-state index in [4.69, 9.17) is 23.2 Å². The molecular formula is C13H16Cl2O. The van der Waals surface area contributed by atoms with Crippen molar-refractivity contribution in [3.8, 4) is 0 Å². The van der Waals surface area contributed by atoms with Gasteiger partial charge in [0.25, 0.3) is 0 Å². The molecule has 3 atom stereocenters. The van der Waals surface area contributed by atoms with Gasteiger partial charge in [0, 0.05) is 10.0 Å². The van der Waals surface area contributed by atoms with Crippen LogP contribution in [0, 0.1) is 11.8 Å². The molecule has 1 N–H and O–H groups in total. The highest BCUT2D eigenvalue weighted by Crippen LogP contribution is 2.41. The fourth-order valence-electron chi connectivity index (χ4n) is 2.62. The minimum atomic E-state index is -0.456. The summed E-state index contributed by atoms with van der Waals surface area (Å²) in [6, 6.07) is 5.31. The first-order valence-electron chi connectivity index (χ1n) is 5.72. The second-order valence-electron chi connectivity index (χ2n) is 4.68. The van der Waals surface area contributed by atoms with Crippen molar-refractivity contribution >= 4 is 23.2 Å². The highest BCUT2D eigenvalue weighted by molar-refractivity contribution is 6.35. The Morgan fingerprint density at radius 3 is 2.62 bits per heavy atom. The second kappa shape index (κ2) is 4.95. The van der Waals surface area contributed by atoms with E-state index in [0.717, 1.165) is 12.0 Å². The Labute approximate surface area is 106 Å². The predicted octanol–water partition coefficient (Wildman–Crippen LogP) is 4.46. The molecule has 1 saturated carbocycles. The van der Waals surface area contributed by atoms with E-state index in [-0.39, 0.29) is 0 Å². The molecule has 0 heterocycles. The molecule has 88 valence electrons. The average molecular weight is 259 g/mol. The summed E-state index contributed by atoms with van der Waals surface area (Å²) in [4.78, 5) is 0. The summed E-state index contributed by atoms with van der Waals surface area (Å²) in [5.41, 5.74) is 0.810. The van der Waals surface area contributed by atoms with E-state index in [1.165, 1.54) is 12.8 Å². The van der Waals surface area contributed by atoms with Gasteiger partial charge in [0.15, 0.2) is 0 Å². The zero-order chi connectivity index (χ0) is 11.7. The molecule has 0 amide bonds. The van der Waals surface area contributed by atoms with Crippen molar-refractivity contribution in [2.45, 2.75) is 32.3 Å². The van der Waals surface area contributed by atoms with E-state index < -0.39 is 6.10 Å². The molecule has 1 aromatic carbocycles. The molecule has 0 aliphatic heterocycles. The summed E-state index contributed by atoms with van der Waals surface area (Å²) < 4.78 is 0. The molecule has 3 heteroatoms. The zero-order valence-electron chi connectivity index (χ0n) is 9.29. The minimum Gasteiger partial charge on any atom is -0.388 e. The lowest BCUT2D eigenvalue weighted by Gasteiger charge is -2.23. The number of aliphatic hydroxyl groups excluding tert-OH is 1. The third-order valence-electron chi connectivity index (χ3n) is 3.61. The zero-order valence-corrected chi connectivity index (χ0v) is 10.8. The van der Waals surface area contributed by atoms with Crippen LogP contribution in [0.2, 0.25) is 10.0 Å². The molecule has 0 saturated heterocycles. The van der Waals surface area contributed by atoms with Gasteiger partial charge < -0.3 is 5.11 Å². The number of rotatable bonds is 2. The molecule has 0 aromatic heterocycles. The molecule has 1 aromatic rings. The topological polar surface area (TPSA) is 20.2 Å². The predicted molar refractivity (Wildman–Crippen MR) is 67.9 cm³/mol. The maximum atomic E-state index is 10.3. The number of hydrogen-bond donors (Lipinski definition) is 1. The third kappa shape index (κ3) is 2.37. The van der Waals surface area contributed by atoms with Gasteiger partial charge in [0.1, 0.15) is 0 Å². The van der Waals surface area contributed by atoms with Crippen molar-refractivity contribution in [2.24, 2.45) is 11.8 Å². The molecule has 1 fully saturated rings. The SMILES string of the molecule is CC1CCCC1C(O)c1ccc(Cl)cc1Cl. The van der Waals surface area contributed by atoms with E-state index in [9.17, 15) is 5.11 Å². The monoisotopic (exact) mass is 258 g/mol. The first-order valence-corrected chi connectivity index (χ1v) is 6.48. The van der Waals surface area contributed by atoms with Gasteiger partial charge in [-0.2, -0.15) is 0 Å². The standard InChI is InChI=1S/C13H16Cl2O/c1-8-3-2-4-10(8)13(16)11-6-5-9(14)7-12(11)15/h5-8,10,13,16H,2-4H2,1H3. The molecule has 1 aliphatic rings. The van der Waals surface area contributed by atoms with Crippen LogP contribution >= 0.6 is 23.2 Å². The van der Waals surface area contributed by atoms with Gasteiger partial charge in [-0.05, 0) is 36.0 Å². The number of aliphatic hydroxyl groups is 1. The van der Waals surface area contributed by atoms with E-state index in [1.54, 1.807) is 12.1 Å². The molecule has 3 unspecified atom stereocenters. The summed E-state index contributed by atoms with van der Waals surface area (Å²) in [6.07, 6.45) is 3.03. The lowest BCUT2D eigenvalue weighted by atomic mass is 9.88. The molecule has 1 nitrogen and oxygen atoms in total. The summed E-state index contributed by atoms with van der Waals surface area (Å²) >= 11 is 11.9. The van der Waals surface area contributed by atoms with Crippen LogP contribution in [-0.4, -0.2) is 5.11 Å². The highest BCUT2D eigenvalue weighted by atomic mass is 35.5. The molecule has 0 bridgehead atoms. The van der Waals surface area contributed by atoms with Crippen molar-refractivity contribution in [3.05, 3.63) is 33.8 Å². The Morgan fingerprint density at radius 1 is 1.31 bits per heavy atom. The first kappa shape index (κ1) is 12.2. The van der Waals surface area contributed by atoms with Gasteiger partial charge in [-0.15, -0.1) is 0 Å².